The SMILES string of the molecule is O=C(O)CSc1nc(Nc2ccc(Cl)cc2Cl)nc2ccccc12. The van der Waals surface area contributed by atoms with Gasteiger partial charge in [0, 0.05) is 10.4 Å². The van der Waals surface area contributed by atoms with Crippen LogP contribution in [0.3, 0.4) is 0 Å². The van der Waals surface area contributed by atoms with Gasteiger partial charge in [-0.1, -0.05) is 53.2 Å². The topological polar surface area (TPSA) is 75.1 Å². The number of benzene rings is 2. The Morgan fingerprint density at radius 2 is 1.96 bits per heavy atom. The molecule has 1 heterocycles. The predicted molar refractivity (Wildman–Crippen MR) is 97.6 cm³/mol. The Labute approximate surface area is 152 Å². The van der Waals surface area contributed by atoms with E-state index < -0.39 is 5.97 Å². The number of hydrogen-bond donors (Lipinski definition) is 2. The fourth-order valence-corrected chi connectivity index (χ4v) is 3.25. The Morgan fingerprint density at radius 3 is 2.71 bits per heavy atom. The molecule has 0 amide bonds. The van der Waals surface area contributed by atoms with E-state index in [1.54, 1.807) is 18.2 Å². The van der Waals surface area contributed by atoms with Crippen molar-refractivity contribution < 1.29 is 9.90 Å². The zero-order valence-corrected chi connectivity index (χ0v) is 14.5. The number of aromatic nitrogens is 2. The van der Waals surface area contributed by atoms with Gasteiger partial charge in [-0.3, -0.25) is 4.79 Å². The standard InChI is InChI=1S/C16H11Cl2N3O2S/c17-9-5-6-13(11(18)7-9)20-16-19-12-4-2-1-3-10(12)15(21-16)24-8-14(22)23/h1-7H,8H2,(H,22,23)(H,19,20,21). The Kier molecular flexibility index (Phi) is 5.08. The smallest absolute Gasteiger partial charge is 0.313 e. The van der Waals surface area contributed by atoms with Gasteiger partial charge in [0.15, 0.2) is 0 Å². The minimum atomic E-state index is -0.905. The third-order valence-corrected chi connectivity index (χ3v) is 4.60. The van der Waals surface area contributed by atoms with E-state index >= 15 is 0 Å². The first-order valence-electron chi connectivity index (χ1n) is 6.86. The number of carbonyl (C=O) groups is 1. The number of para-hydroxylation sites is 1. The second kappa shape index (κ2) is 7.25. The molecular weight excluding hydrogens is 369 g/mol. The van der Waals surface area contributed by atoms with Gasteiger partial charge >= 0.3 is 5.97 Å². The molecule has 0 radical (unpaired) electrons. The lowest BCUT2D eigenvalue weighted by Crippen LogP contribution is -2.02. The molecule has 0 aliphatic heterocycles. The monoisotopic (exact) mass is 379 g/mol. The van der Waals surface area contributed by atoms with Crippen LogP contribution >= 0.6 is 35.0 Å². The molecule has 3 aromatic rings. The fourth-order valence-electron chi connectivity index (χ4n) is 2.05. The van der Waals surface area contributed by atoms with Crippen molar-refractivity contribution in [3.63, 3.8) is 0 Å². The normalized spacial score (nSPS) is 10.8. The van der Waals surface area contributed by atoms with Crippen LogP contribution in [-0.4, -0.2) is 26.8 Å². The number of fused-ring (bicyclic) bond motifs is 1. The number of nitrogens with one attached hydrogen (secondary N) is 1. The van der Waals surface area contributed by atoms with Crippen LogP contribution in [0.5, 0.6) is 0 Å². The summed E-state index contributed by atoms with van der Waals surface area (Å²) in [5.41, 5.74) is 1.33. The van der Waals surface area contributed by atoms with Crippen LogP contribution in [0.1, 0.15) is 0 Å². The molecule has 0 unspecified atom stereocenters. The van der Waals surface area contributed by atoms with Crippen molar-refractivity contribution in [2.75, 3.05) is 11.1 Å². The van der Waals surface area contributed by atoms with Crippen LogP contribution in [0.2, 0.25) is 10.0 Å². The lowest BCUT2D eigenvalue weighted by atomic mass is 10.2. The average Bonchev–Trinajstić information content (AvgIpc) is 2.55. The third kappa shape index (κ3) is 3.90. The predicted octanol–water partition coefficient (Wildman–Crippen LogP) is 4.86. The number of anilines is 2. The Hall–Kier alpha value is -2.02. The highest BCUT2D eigenvalue weighted by molar-refractivity contribution is 8.00. The largest absolute Gasteiger partial charge is 0.481 e. The van der Waals surface area contributed by atoms with E-state index in [2.05, 4.69) is 15.3 Å². The second-order valence-corrected chi connectivity index (χ2v) is 6.61. The van der Waals surface area contributed by atoms with Crippen LogP contribution in [-0.2, 0) is 4.79 Å². The van der Waals surface area contributed by atoms with Crippen LogP contribution in [0.4, 0.5) is 11.6 Å². The molecule has 0 aliphatic carbocycles. The van der Waals surface area contributed by atoms with Crippen molar-refractivity contribution in [2.45, 2.75) is 5.03 Å². The molecule has 122 valence electrons. The van der Waals surface area contributed by atoms with E-state index in [4.69, 9.17) is 28.3 Å². The molecule has 0 fully saturated rings. The summed E-state index contributed by atoms with van der Waals surface area (Å²) in [6, 6.07) is 12.5. The van der Waals surface area contributed by atoms with Crippen LogP contribution < -0.4 is 5.32 Å². The number of carboxylic acid groups (broad SMARTS) is 1. The molecule has 0 saturated carbocycles. The van der Waals surface area contributed by atoms with Crippen molar-refractivity contribution in [2.24, 2.45) is 0 Å². The first-order chi connectivity index (χ1) is 11.5. The van der Waals surface area contributed by atoms with E-state index in [-0.39, 0.29) is 5.75 Å². The van der Waals surface area contributed by atoms with Gasteiger partial charge in [0.2, 0.25) is 5.95 Å². The van der Waals surface area contributed by atoms with Crippen molar-refractivity contribution in [3.8, 4) is 0 Å². The molecule has 24 heavy (non-hydrogen) atoms. The first kappa shape index (κ1) is 16.8. The number of aliphatic carboxylic acids is 1. The van der Waals surface area contributed by atoms with Gasteiger partial charge in [0.25, 0.3) is 0 Å². The van der Waals surface area contributed by atoms with Gasteiger partial charge in [-0.15, -0.1) is 0 Å². The Bertz CT molecular complexity index is 921. The van der Waals surface area contributed by atoms with E-state index in [1.165, 1.54) is 0 Å². The molecule has 1 aromatic heterocycles. The molecule has 0 saturated heterocycles. The zero-order chi connectivity index (χ0) is 17.1. The molecule has 8 heteroatoms. The highest BCUT2D eigenvalue weighted by Crippen LogP contribution is 2.30. The summed E-state index contributed by atoms with van der Waals surface area (Å²) in [6.45, 7) is 0. The van der Waals surface area contributed by atoms with Crippen molar-refractivity contribution >= 4 is 63.5 Å². The summed E-state index contributed by atoms with van der Waals surface area (Å²) >= 11 is 13.2. The number of halogens is 2. The van der Waals surface area contributed by atoms with E-state index in [0.717, 1.165) is 17.1 Å². The highest BCUT2D eigenvalue weighted by atomic mass is 35.5. The number of carboxylic acids is 1. The summed E-state index contributed by atoms with van der Waals surface area (Å²) in [5, 5.41) is 14.3. The summed E-state index contributed by atoms with van der Waals surface area (Å²) in [6.07, 6.45) is 0. The van der Waals surface area contributed by atoms with E-state index in [0.29, 0.717) is 32.2 Å². The molecule has 0 bridgehead atoms. The molecule has 0 atom stereocenters. The first-order valence-corrected chi connectivity index (χ1v) is 8.60. The van der Waals surface area contributed by atoms with Crippen LogP contribution in [0.15, 0.2) is 47.5 Å². The van der Waals surface area contributed by atoms with Crippen molar-refractivity contribution in [1.29, 1.82) is 0 Å². The van der Waals surface area contributed by atoms with Crippen molar-refractivity contribution in [1.82, 2.24) is 9.97 Å². The molecule has 0 spiro atoms. The summed E-state index contributed by atoms with van der Waals surface area (Å²) in [4.78, 5) is 19.7. The minimum Gasteiger partial charge on any atom is -0.481 e. The number of nitrogens with zero attached hydrogens (tertiary/aromatic N) is 2. The van der Waals surface area contributed by atoms with Crippen LogP contribution in [0.25, 0.3) is 10.9 Å². The van der Waals surface area contributed by atoms with Gasteiger partial charge in [0.05, 0.1) is 22.0 Å². The van der Waals surface area contributed by atoms with Crippen LogP contribution in [0, 0.1) is 0 Å². The summed E-state index contributed by atoms with van der Waals surface area (Å²) < 4.78 is 0. The fraction of sp³-hybridized carbons (Fsp3) is 0.0625. The third-order valence-electron chi connectivity index (χ3n) is 3.08. The summed E-state index contributed by atoms with van der Waals surface area (Å²) in [7, 11) is 0. The molecule has 5 nitrogen and oxygen atoms in total. The molecule has 3 rings (SSSR count). The summed E-state index contributed by atoms with van der Waals surface area (Å²) in [5.74, 6) is -0.647. The van der Waals surface area contributed by atoms with Gasteiger partial charge < -0.3 is 10.4 Å². The molecule has 2 N–H and O–H groups in total. The number of hydrogen-bond acceptors (Lipinski definition) is 5. The van der Waals surface area contributed by atoms with Gasteiger partial charge in [-0.05, 0) is 24.3 Å². The average molecular weight is 380 g/mol. The second-order valence-electron chi connectivity index (χ2n) is 4.80. The highest BCUT2D eigenvalue weighted by Gasteiger charge is 2.11. The molecule has 2 aromatic carbocycles. The minimum absolute atomic E-state index is 0.0812. The van der Waals surface area contributed by atoms with Gasteiger partial charge in [-0.2, -0.15) is 0 Å². The number of rotatable bonds is 5. The zero-order valence-electron chi connectivity index (χ0n) is 12.2. The maximum Gasteiger partial charge on any atom is 0.313 e. The Morgan fingerprint density at radius 1 is 1.17 bits per heavy atom. The van der Waals surface area contributed by atoms with E-state index in [1.807, 2.05) is 24.3 Å². The quantitative estimate of drug-likeness (QED) is 0.487. The Balaban J connectivity index is 1.99. The van der Waals surface area contributed by atoms with Gasteiger partial charge in [-0.25, -0.2) is 9.97 Å². The lowest BCUT2D eigenvalue weighted by molar-refractivity contribution is -0.133. The maximum absolute atomic E-state index is 10.9. The number of thioether (sulfide) groups is 1. The lowest BCUT2D eigenvalue weighted by Gasteiger charge is -2.10. The van der Waals surface area contributed by atoms with Gasteiger partial charge in [0.1, 0.15) is 5.03 Å². The maximum atomic E-state index is 10.9. The van der Waals surface area contributed by atoms with E-state index in [9.17, 15) is 4.79 Å². The molecule has 0 aliphatic rings. The van der Waals surface area contributed by atoms with Crippen molar-refractivity contribution in [3.05, 3.63) is 52.5 Å². The molecular formula is C16H11Cl2N3O2S.